The van der Waals surface area contributed by atoms with Crippen LogP contribution >= 0.6 is 15.9 Å². The molecule has 0 spiro atoms. The van der Waals surface area contributed by atoms with Crippen molar-refractivity contribution in [2.24, 2.45) is 11.7 Å². The lowest BCUT2D eigenvalue weighted by atomic mass is 9.88. The van der Waals surface area contributed by atoms with Crippen LogP contribution in [0.4, 0.5) is 0 Å². The summed E-state index contributed by atoms with van der Waals surface area (Å²) in [4.78, 5) is 28.0. The van der Waals surface area contributed by atoms with Crippen LogP contribution in [0.2, 0.25) is 0 Å². The maximum atomic E-state index is 12.2. The molecule has 0 unspecified atom stereocenters. The van der Waals surface area contributed by atoms with Gasteiger partial charge in [-0.15, -0.1) is 0 Å². The first kappa shape index (κ1) is 15.9. The van der Waals surface area contributed by atoms with E-state index in [1.165, 1.54) is 6.42 Å². The molecule has 2 amide bonds. The van der Waals surface area contributed by atoms with Crippen molar-refractivity contribution in [3.63, 3.8) is 0 Å². The topological polar surface area (TPSA) is 85.1 Å². The number of amides is 2. The minimum absolute atomic E-state index is 0.0120. The number of aromatic nitrogens is 1. The Morgan fingerprint density at radius 1 is 1.38 bits per heavy atom. The van der Waals surface area contributed by atoms with Gasteiger partial charge in [0.25, 0.3) is 0 Å². The molecule has 0 radical (unpaired) electrons. The standard InChI is InChI=1S/C15H20BrN3O2/c16-13-11(7-4-8-18-13)9-12(14(17)20)19-15(21)10-5-2-1-3-6-10/h4,7-8,10,12H,1-3,5-6,9H2,(H2,17,20)(H,19,21)/t12-/m1/s1. The molecule has 5 nitrogen and oxygen atoms in total. The highest BCUT2D eigenvalue weighted by molar-refractivity contribution is 9.10. The molecule has 0 bridgehead atoms. The van der Waals surface area contributed by atoms with Gasteiger partial charge in [-0.05, 0) is 40.4 Å². The van der Waals surface area contributed by atoms with Gasteiger partial charge >= 0.3 is 0 Å². The first-order valence-electron chi connectivity index (χ1n) is 7.27. The SMILES string of the molecule is NC(=O)[C@@H](Cc1cccnc1Br)NC(=O)C1CCCCC1. The number of halogens is 1. The number of carbonyl (C=O) groups is 2. The van der Waals surface area contributed by atoms with Crippen LogP contribution in [0.3, 0.4) is 0 Å². The van der Waals surface area contributed by atoms with Gasteiger partial charge in [0.1, 0.15) is 10.6 Å². The number of hydrogen-bond donors (Lipinski definition) is 2. The highest BCUT2D eigenvalue weighted by atomic mass is 79.9. The van der Waals surface area contributed by atoms with Gasteiger partial charge in [0, 0.05) is 18.5 Å². The Labute approximate surface area is 132 Å². The maximum absolute atomic E-state index is 12.2. The molecule has 1 aromatic rings. The number of carbonyl (C=O) groups excluding carboxylic acids is 2. The summed E-state index contributed by atoms with van der Waals surface area (Å²) in [5.41, 5.74) is 6.28. The summed E-state index contributed by atoms with van der Waals surface area (Å²) in [6, 6.07) is 2.96. The molecule has 114 valence electrons. The molecule has 6 heteroatoms. The van der Waals surface area contributed by atoms with Gasteiger partial charge in [-0.3, -0.25) is 9.59 Å². The van der Waals surface area contributed by atoms with E-state index in [0.29, 0.717) is 11.0 Å². The van der Waals surface area contributed by atoms with E-state index in [0.717, 1.165) is 31.2 Å². The van der Waals surface area contributed by atoms with Crippen molar-refractivity contribution in [2.45, 2.75) is 44.6 Å². The van der Waals surface area contributed by atoms with Crippen LogP contribution in [-0.2, 0) is 16.0 Å². The molecular weight excluding hydrogens is 334 g/mol. The smallest absolute Gasteiger partial charge is 0.240 e. The van der Waals surface area contributed by atoms with Gasteiger partial charge in [0.05, 0.1) is 0 Å². The van der Waals surface area contributed by atoms with Crippen molar-refractivity contribution in [3.05, 3.63) is 28.5 Å². The Bertz CT molecular complexity index is 515. The lowest BCUT2D eigenvalue weighted by molar-refractivity contribution is -0.130. The summed E-state index contributed by atoms with van der Waals surface area (Å²) < 4.78 is 0.670. The number of hydrogen-bond acceptors (Lipinski definition) is 3. The largest absolute Gasteiger partial charge is 0.368 e. The third-order valence-electron chi connectivity index (χ3n) is 3.90. The van der Waals surface area contributed by atoms with Gasteiger partial charge < -0.3 is 11.1 Å². The van der Waals surface area contributed by atoms with E-state index in [-0.39, 0.29) is 11.8 Å². The van der Waals surface area contributed by atoms with Crippen molar-refractivity contribution >= 4 is 27.7 Å². The van der Waals surface area contributed by atoms with Gasteiger partial charge in [-0.1, -0.05) is 25.3 Å². The number of nitrogens with zero attached hydrogens (tertiary/aromatic N) is 1. The van der Waals surface area contributed by atoms with Crippen molar-refractivity contribution in [1.29, 1.82) is 0 Å². The minimum Gasteiger partial charge on any atom is -0.368 e. The molecule has 0 aromatic carbocycles. The second-order valence-corrected chi connectivity index (χ2v) is 6.21. The van der Waals surface area contributed by atoms with Gasteiger partial charge in [-0.25, -0.2) is 4.98 Å². The zero-order chi connectivity index (χ0) is 15.2. The van der Waals surface area contributed by atoms with Crippen LogP contribution in [0.15, 0.2) is 22.9 Å². The number of pyridine rings is 1. The molecule has 1 heterocycles. The molecule has 0 aliphatic heterocycles. The molecule has 1 atom stereocenters. The monoisotopic (exact) mass is 353 g/mol. The molecule has 1 aliphatic rings. The maximum Gasteiger partial charge on any atom is 0.240 e. The third kappa shape index (κ3) is 4.52. The predicted octanol–water partition coefficient (Wildman–Crippen LogP) is 1.94. The second kappa shape index (κ2) is 7.54. The van der Waals surface area contributed by atoms with E-state index in [1.54, 1.807) is 12.3 Å². The third-order valence-corrected chi connectivity index (χ3v) is 4.61. The molecule has 1 aliphatic carbocycles. The quantitative estimate of drug-likeness (QED) is 0.793. The van der Waals surface area contributed by atoms with E-state index >= 15 is 0 Å². The normalized spacial score (nSPS) is 17.2. The number of primary amides is 1. The summed E-state index contributed by atoms with van der Waals surface area (Å²) in [6.07, 6.45) is 7.14. The molecule has 1 aromatic heterocycles. The van der Waals surface area contributed by atoms with Crippen LogP contribution in [0.25, 0.3) is 0 Å². The lowest BCUT2D eigenvalue weighted by Crippen LogP contribution is -2.48. The van der Waals surface area contributed by atoms with E-state index in [4.69, 9.17) is 5.73 Å². The highest BCUT2D eigenvalue weighted by Crippen LogP contribution is 2.24. The predicted molar refractivity (Wildman–Crippen MR) is 83.3 cm³/mol. The fourth-order valence-corrected chi connectivity index (χ4v) is 3.08. The Morgan fingerprint density at radius 2 is 2.10 bits per heavy atom. The van der Waals surface area contributed by atoms with Crippen LogP contribution < -0.4 is 11.1 Å². The minimum atomic E-state index is -0.695. The van der Waals surface area contributed by atoms with E-state index in [1.807, 2.05) is 6.07 Å². The molecule has 2 rings (SSSR count). The number of nitrogens with one attached hydrogen (secondary N) is 1. The molecule has 3 N–H and O–H groups in total. The molecular formula is C15H20BrN3O2. The Kier molecular flexibility index (Phi) is 5.73. The zero-order valence-corrected chi connectivity index (χ0v) is 13.4. The van der Waals surface area contributed by atoms with Crippen molar-refractivity contribution in [2.75, 3.05) is 0 Å². The average molecular weight is 354 g/mol. The van der Waals surface area contributed by atoms with Crippen molar-refractivity contribution in [3.8, 4) is 0 Å². The molecule has 0 saturated heterocycles. The summed E-state index contributed by atoms with van der Waals surface area (Å²) in [6.45, 7) is 0. The fraction of sp³-hybridized carbons (Fsp3) is 0.533. The molecule has 1 fully saturated rings. The summed E-state index contributed by atoms with van der Waals surface area (Å²) in [5.74, 6) is -0.564. The summed E-state index contributed by atoms with van der Waals surface area (Å²) >= 11 is 3.34. The average Bonchev–Trinajstić information content (AvgIpc) is 2.49. The highest BCUT2D eigenvalue weighted by Gasteiger charge is 2.26. The van der Waals surface area contributed by atoms with Gasteiger partial charge in [0.2, 0.25) is 11.8 Å². The number of rotatable bonds is 5. The molecule has 1 saturated carbocycles. The van der Waals surface area contributed by atoms with Gasteiger partial charge in [-0.2, -0.15) is 0 Å². The zero-order valence-electron chi connectivity index (χ0n) is 11.8. The van der Waals surface area contributed by atoms with Gasteiger partial charge in [0.15, 0.2) is 0 Å². The summed E-state index contributed by atoms with van der Waals surface area (Å²) in [5, 5.41) is 2.80. The Balaban J connectivity index is 2.00. The number of nitrogens with two attached hydrogens (primary N) is 1. The second-order valence-electron chi connectivity index (χ2n) is 5.46. The van der Waals surface area contributed by atoms with Crippen molar-refractivity contribution < 1.29 is 9.59 Å². The Morgan fingerprint density at radius 3 is 2.71 bits per heavy atom. The van der Waals surface area contributed by atoms with E-state index in [9.17, 15) is 9.59 Å². The lowest BCUT2D eigenvalue weighted by Gasteiger charge is -2.23. The van der Waals surface area contributed by atoms with Crippen LogP contribution in [-0.4, -0.2) is 22.8 Å². The summed E-state index contributed by atoms with van der Waals surface area (Å²) in [7, 11) is 0. The Hall–Kier alpha value is -1.43. The van der Waals surface area contributed by atoms with Crippen LogP contribution in [0.1, 0.15) is 37.7 Å². The molecule has 21 heavy (non-hydrogen) atoms. The van der Waals surface area contributed by atoms with Crippen LogP contribution in [0.5, 0.6) is 0 Å². The van der Waals surface area contributed by atoms with E-state index < -0.39 is 11.9 Å². The van der Waals surface area contributed by atoms with Crippen LogP contribution in [0, 0.1) is 5.92 Å². The first-order valence-corrected chi connectivity index (χ1v) is 8.06. The fourth-order valence-electron chi connectivity index (χ4n) is 2.67. The first-order chi connectivity index (χ1) is 10.1. The van der Waals surface area contributed by atoms with Crippen molar-refractivity contribution in [1.82, 2.24) is 10.3 Å². The van der Waals surface area contributed by atoms with E-state index in [2.05, 4.69) is 26.2 Å².